The molecule has 2 atom stereocenters. The number of hydrogen-bond donors (Lipinski definition) is 2. The number of aromatic nitrogens is 3. The number of rotatable bonds is 4. The first kappa shape index (κ1) is 16.0. The van der Waals surface area contributed by atoms with Gasteiger partial charge >= 0.3 is 0 Å². The van der Waals surface area contributed by atoms with E-state index < -0.39 is 0 Å². The molecular weight excluding hydrogens is 306 g/mol. The predicted octanol–water partition coefficient (Wildman–Crippen LogP) is 1.84. The normalized spacial score (nSPS) is 20.4. The van der Waals surface area contributed by atoms with Crippen molar-refractivity contribution in [2.24, 2.45) is 10.9 Å². The first-order chi connectivity index (χ1) is 11.6. The zero-order valence-corrected chi connectivity index (χ0v) is 13.4. The molecule has 0 spiro atoms. The van der Waals surface area contributed by atoms with E-state index in [-0.39, 0.29) is 29.4 Å². The number of H-pyrrole nitrogens is 1. The topological polar surface area (TPSA) is 100 Å². The van der Waals surface area contributed by atoms with Gasteiger partial charge in [0.25, 0.3) is 5.56 Å². The van der Waals surface area contributed by atoms with Crippen molar-refractivity contribution in [1.29, 1.82) is 0 Å². The fourth-order valence-corrected chi connectivity index (χ4v) is 2.92. The van der Waals surface area contributed by atoms with Crippen LogP contribution in [0.25, 0.3) is 11.3 Å². The number of hydrogen-bond acceptors (Lipinski definition) is 5. The molecule has 2 N–H and O–H groups in total. The SMILES string of the molecule is CC(=O)N[C@@H]1CCC(/C=N/c2nc(-c3ccncc3)cc(=O)[nH]2)C1. The van der Waals surface area contributed by atoms with Crippen molar-refractivity contribution < 1.29 is 4.79 Å². The summed E-state index contributed by atoms with van der Waals surface area (Å²) in [4.78, 5) is 38.2. The third kappa shape index (κ3) is 4.13. The van der Waals surface area contributed by atoms with Gasteiger partial charge in [-0.2, -0.15) is 0 Å². The summed E-state index contributed by atoms with van der Waals surface area (Å²) in [6.45, 7) is 1.53. The molecule has 1 aliphatic carbocycles. The highest BCUT2D eigenvalue weighted by Crippen LogP contribution is 2.24. The van der Waals surface area contributed by atoms with Crippen molar-refractivity contribution in [2.45, 2.75) is 32.2 Å². The summed E-state index contributed by atoms with van der Waals surface area (Å²) >= 11 is 0. The van der Waals surface area contributed by atoms with Crippen LogP contribution in [0, 0.1) is 5.92 Å². The molecule has 3 rings (SSSR count). The van der Waals surface area contributed by atoms with Crippen LogP contribution in [0.5, 0.6) is 0 Å². The monoisotopic (exact) mass is 325 g/mol. The summed E-state index contributed by atoms with van der Waals surface area (Å²) in [6.07, 6.45) is 7.89. The van der Waals surface area contributed by atoms with Crippen molar-refractivity contribution in [3.05, 3.63) is 40.9 Å². The lowest BCUT2D eigenvalue weighted by Gasteiger charge is -2.09. The van der Waals surface area contributed by atoms with Crippen LogP contribution >= 0.6 is 0 Å². The van der Waals surface area contributed by atoms with Crippen molar-refractivity contribution >= 4 is 18.1 Å². The second-order valence-corrected chi connectivity index (χ2v) is 5.94. The number of nitrogens with zero attached hydrogens (tertiary/aromatic N) is 3. The molecule has 0 bridgehead atoms. The fourth-order valence-electron chi connectivity index (χ4n) is 2.92. The first-order valence-electron chi connectivity index (χ1n) is 7.93. The number of nitrogens with one attached hydrogen (secondary N) is 2. The Morgan fingerprint density at radius 2 is 2.17 bits per heavy atom. The molecule has 1 amide bonds. The minimum Gasteiger partial charge on any atom is -0.354 e. The minimum atomic E-state index is -0.244. The second kappa shape index (κ2) is 7.16. The van der Waals surface area contributed by atoms with Crippen LogP contribution in [0.15, 0.2) is 40.4 Å². The zero-order chi connectivity index (χ0) is 16.9. The summed E-state index contributed by atoms with van der Waals surface area (Å²) in [5.41, 5.74) is 1.14. The Hall–Kier alpha value is -2.83. The van der Waals surface area contributed by atoms with E-state index in [9.17, 15) is 9.59 Å². The highest BCUT2D eigenvalue weighted by molar-refractivity contribution is 5.73. The maximum absolute atomic E-state index is 11.8. The van der Waals surface area contributed by atoms with Gasteiger partial charge in [0.2, 0.25) is 11.9 Å². The Morgan fingerprint density at radius 3 is 2.92 bits per heavy atom. The molecule has 0 aromatic carbocycles. The summed E-state index contributed by atoms with van der Waals surface area (Å²) in [5.74, 6) is 0.558. The Labute approximate surface area is 139 Å². The largest absolute Gasteiger partial charge is 0.354 e. The number of carbonyl (C=O) groups is 1. The summed E-state index contributed by atoms with van der Waals surface area (Å²) in [7, 11) is 0. The molecule has 2 heterocycles. The van der Waals surface area contributed by atoms with E-state index in [0.717, 1.165) is 24.8 Å². The molecule has 0 radical (unpaired) electrons. The molecular formula is C17H19N5O2. The Balaban J connectivity index is 1.73. The molecule has 7 heteroatoms. The Kier molecular flexibility index (Phi) is 4.79. The zero-order valence-electron chi connectivity index (χ0n) is 13.4. The number of aliphatic imine (C=N–C) groups is 1. The van der Waals surface area contributed by atoms with Gasteiger partial charge in [0.05, 0.1) is 5.69 Å². The number of aromatic amines is 1. The van der Waals surface area contributed by atoms with Crippen molar-refractivity contribution in [2.75, 3.05) is 0 Å². The number of amides is 1. The lowest BCUT2D eigenvalue weighted by molar-refractivity contribution is -0.119. The molecule has 2 aromatic heterocycles. The molecule has 0 aliphatic heterocycles. The molecule has 24 heavy (non-hydrogen) atoms. The Morgan fingerprint density at radius 1 is 1.38 bits per heavy atom. The van der Waals surface area contributed by atoms with Crippen LogP contribution in [0.4, 0.5) is 5.95 Å². The van der Waals surface area contributed by atoms with E-state index in [1.165, 1.54) is 13.0 Å². The maximum atomic E-state index is 11.8. The summed E-state index contributed by atoms with van der Waals surface area (Å²) in [6, 6.07) is 5.24. The molecule has 2 aromatic rings. The van der Waals surface area contributed by atoms with E-state index in [4.69, 9.17) is 0 Å². The molecule has 1 aliphatic rings. The average Bonchev–Trinajstić information content (AvgIpc) is 3.00. The van der Waals surface area contributed by atoms with Crippen molar-refractivity contribution in [3.8, 4) is 11.3 Å². The van der Waals surface area contributed by atoms with Crippen LogP contribution in [0.2, 0.25) is 0 Å². The van der Waals surface area contributed by atoms with Crippen LogP contribution in [-0.2, 0) is 4.79 Å². The van der Waals surface area contributed by atoms with Gasteiger partial charge in [0.1, 0.15) is 0 Å². The molecule has 1 fully saturated rings. The molecule has 1 unspecified atom stereocenters. The van der Waals surface area contributed by atoms with E-state index in [1.54, 1.807) is 24.5 Å². The van der Waals surface area contributed by atoms with Gasteiger partial charge in [-0.05, 0) is 37.3 Å². The van der Waals surface area contributed by atoms with E-state index in [0.29, 0.717) is 5.69 Å². The van der Waals surface area contributed by atoms with Crippen molar-refractivity contribution in [3.63, 3.8) is 0 Å². The molecule has 0 saturated heterocycles. The van der Waals surface area contributed by atoms with E-state index >= 15 is 0 Å². The van der Waals surface area contributed by atoms with Crippen LogP contribution < -0.4 is 10.9 Å². The van der Waals surface area contributed by atoms with E-state index in [1.807, 2.05) is 6.21 Å². The predicted molar refractivity (Wildman–Crippen MR) is 91.2 cm³/mol. The highest BCUT2D eigenvalue weighted by atomic mass is 16.1. The number of pyridine rings is 1. The first-order valence-corrected chi connectivity index (χ1v) is 7.93. The van der Waals surface area contributed by atoms with Gasteiger partial charge in [0.15, 0.2) is 0 Å². The molecule has 1 saturated carbocycles. The molecule has 124 valence electrons. The third-order valence-corrected chi connectivity index (χ3v) is 3.99. The minimum absolute atomic E-state index is 0.00589. The standard InChI is InChI=1S/C17H19N5O2/c1-11(23)20-14-3-2-12(8-14)10-19-17-21-15(9-16(24)22-17)13-4-6-18-7-5-13/h4-7,9-10,12,14H,2-3,8H2,1H3,(H,20,23)(H,21,22,24)/b19-10+/t12?,14-/m1/s1. The lowest BCUT2D eigenvalue weighted by Crippen LogP contribution is -2.30. The number of carbonyl (C=O) groups excluding carboxylic acids is 1. The average molecular weight is 325 g/mol. The van der Waals surface area contributed by atoms with Crippen LogP contribution in [0.3, 0.4) is 0 Å². The van der Waals surface area contributed by atoms with Crippen LogP contribution in [-0.4, -0.2) is 33.1 Å². The fraction of sp³-hybridized carbons (Fsp3) is 0.353. The van der Waals surface area contributed by atoms with Gasteiger partial charge in [0, 0.05) is 43.2 Å². The quantitative estimate of drug-likeness (QED) is 0.838. The molecule has 7 nitrogen and oxygen atoms in total. The Bertz CT molecular complexity index is 800. The van der Waals surface area contributed by atoms with Gasteiger partial charge in [-0.1, -0.05) is 0 Å². The van der Waals surface area contributed by atoms with Gasteiger partial charge in [-0.15, -0.1) is 0 Å². The highest BCUT2D eigenvalue weighted by Gasteiger charge is 2.23. The van der Waals surface area contributed by atoms with Crippen LogP contribution in [0.1, 0.15) is 26.2 Å². The lowest BCUT2D eigenvalue weighted by atomic mass is 10.1. The van der Waals surface area contributed by atoms with Crippen molar-refractivity contribution in [1.82, 2.24) is 20.3 Å². The second-order valence-electron chi connectivity index (χ2n) is 5.94. The van der Waals surface area contributed by atoms with E-state index in [2.05, 4.69) is 25.3 Å². The summed E-state index contributed by atoms with van der Waals surface area (Å²) < 4.78 is 0. The van der Waals surface area contributed by atoms with Gasteiger partial charge in [-0.3, -0.25) is 19.6 Å². The smallest absolute Gasteiger partial charge is 0.252 e. The van der Waals surface area contributed by atoms with Gasteiger partial charge in [-0.25, -0.2) is 9.98 Å². The maximum Gasteiger partial charge on any atom is 0.252 e. The summed E-state index contributed by atoms with van der Waals surface area (Å²) in [5, 5.41) is 2.93. The third-order valence-electron chi connectivity index (χ3n) is 3.99. The van der Waals surface area contributed by atoms with Gasteiger partial charge < -0.3 is 5.32 Å².